The molecule has 0 atom stereocenters. The summed E-state index contributed by atoms with van der Waals surface area (Å²) in [5.41, 5.74) is 0.933. The SMILES string of the molecule is Cc1ccc(Oc2ccnc(Cl)n2)cn1. The molecule has 0 amide bonds. The minimum atomic E-state index is 0.160. The summed E-state index contributed by atoms with van der Waals surface area (Å²) in [6.45, 7) is 1.91. The summed E-state index contributed by atoms with van der Waals surface area (Å²) >= 11 is 5.62. The molecule has 2 aromatic rings. The second-order valence-electron chi connectivity index (χ2n) is 2.90. The van der Waals surface area contributed by atoms with E-state index in [4.69, 9.17) is 16.3 Å². The van der Waals surface area contributed by atoms with Gasteiger partial charge in [-0.25, -0.2) is 4.98 Å². The van der Waals surface area contributed by atoms with Gasteiger partial charge in [0.2, 0.25) is 11.2 Å². The fourth-order valence-corrected chi connectivity index (χ4v) is 1.15. The predicted octanol–water partition coefficient (Wildman–Crippen LogP) is 2.63. The highest BCUT2D eigenvalue weighted by atomic mass is 35.5. The normalized spacial score (nSPS) is 10.0. The number of rotatable bonds is 2. The molecule has 15 heavy (non-hydrogen) atoms. The zero-order chi connectivity index (χ0) is 10.7. The van der Waals surface area contributed by atoms with E-state index in [-0.39, 0.29) is 5.28 Å². The number of ether oxygens (including phenoxy) is 1. The van der Waals surface area contributed by atoms with E-state index >= 15 is 0 Å². The molecule has 0 fully saturated rings. The topological polar surface area (TPSA) is 47.9 Å². The molecule has 76 valence electrons. The number of hydrogen-bond donors (Lipinski definition) is 0. The number of hydrogen-bond acceptors (Lipinski definition) is 4. The summed E-state index contributed by atoms with van der Waals surface area (Å²) < 4.78 is 5.42. The van der Waals surface area contributed by atoms with Gasteiger partial charge in [-0.3, -0.25) is 4.98 Å². The van der Waals surface area contributed by atoms with Crippen LogP contribution >= 0.6 is 11.6 Å². The zero-order valence-electron chi connectivity index (χ0n) is 8.01. The molecule has 0 spiro atoms. The monoisotopic (exact) mass is 221 g/mol. The lowest BCUT2D eigenvalue weighted by Gasteiger charge is -2.03. The van der Waals surface area contributed by atoms with Crippen LogP contribution in [0, 0.1) is 6.92 Å². The standard InChI is InChI=1S/C10H8ClN3O/c1-7-2-3-8(6-13-7)15-9-4-5-12-10(11)14-9/h2-6H,1H3. The van der Waals surface area contributed by atoms with Crippen LogP contribution in [0.4, 0.5) is 0 Å². The second kappa shape index (κ2) is 4.23. The first-order valence-electron chi connectivity index (χ1n) is 4.33. The molecule has 2 heterocycles. The van der Waals surface area contributed by atoms with Crippen molar-refractivity contribution >= 4 is 11.6 Å². The molecule has 0 saturated heterocycles. The highest BCUT2D eigenvalue weighted by molar-refractivity contribution is 6.28. The Morgan fingerprint density at radius 2 is 2.07 bits per heavy atom. The summed E-state index contributed by atoms with van der Waals surface area (Å²) in [4.78, 5) is 11.7. The molecule has 0 saturated carbocycles. The van der Waals surface area contributed by atoms with E-state index in [0.717, 1.165) is 5.69 Å². The minimum Gasteiger partial charge on any atom is -0.437 e. The zero-order valence-corrected chi connectivity index (χ0v) is 8.77. The largest absolute Gasteiger partial charge is 0.437 e. The van der Waals surface area contributed by atoms with Crippen molar-refractivity contribution in [1.82, 2.24) is 15.0 Å². The van der Waals surface area contributed by atoms with E-state index in [2.05, 4.69) is 15.0 Å². The Morgan fingerprint density at radius 3 is 2.73 bits per heavy atom. The van der Waals surface area contributed by atoms with Crippen LogP contribution in [0.3, 0.4) is 0 Å². The van der Waals surface area contributed by atoms with Gasteiger partial charge in [0.15, 0.2) is 0 Å². The molecule has 0 N–H and O–H groups in total. The van der Waals surface area contributed by atoms with Gasteiger partial charge in [0, 0.05) is 18.0 Å². The van der Waals surface area contributed by atoms with Gasteiger partial charge in [0.25, 0.3) is 0 Å². The Kier molecular flexibility index (Phi) is 2.78. The first kappa shape index (κ1) is 9.86. The number of aryl methyl sites for hydroxylation is 1. The van der Waals surface area contributed by atoms with Crippen molar-refractivity contribution in [3.63, 3.8) is 0 Å². The van der Waals surface area contributed by atoms with Gasteiger partial charge in [-0.1, -0.05) is 0 Å². The Balaban J connectivity index is 2.18. The highest BCUT2D eigenvalue weighted by Crippen LogP contribution is 2.18. The first-order chi connectivity index (χ1) is 7.24. The predicted molar refractivity (Wildman–Crippen MR) is 56.1 cm³/mol. The van der Waals surface area contributed by atoms with Crippen LogP contribution in [0.2, 0.25) is 5.28 Å². The van der Waals surface area contributed by atoms with Gasteiger partial charge in [0.1, 0.15) is 5.75 Å². The van der Waals surface area contributed by atoms with E-state index in [1.54, 1.807) is 12.3 Å². The maximum absolute atomic E-state index is 5.62. The maximum atomic E-state index is 5.62. The number of aromatic nitrogens is 3. The van der Waals surface area contributed by atoms with Crippen LogP contribution in [-0.4, -0.2) is 15.0 Å². The Hall–Kier alpha value is -1.68. The van der Waals surface area contributed by atoms with Crippen molar-refractivity contribution in [2.45, 2.75) is 6.92 Å². The number of nitrogens with zero attached hydrogens (tertiary/aromatic N) is 3. The van der Waals surface area contributed by atoms with Crippen LogP contribution in [0.1, 0.15) is 5.69 Å². The molecule has 4 nitrogen and oxygen atoms in total. The van der Waals surface area contributed by atoms with E-state index in [1.807, 2.05) is 19.1 Å². The number of halogens is 1. The smallest absolute Gasteiger partial charge is 0.225 e. The molecule has 2 rings (SSSR count). The van der Waals surface area contributed by atoms with E-state index < -0.39 is 0 Å². The third kappa shape index (κ3) is 2.63. The van der Waals surface area contributed by atoms with Crippen molar-refractivity contribution < 1.29 is 4.74 Å². The third-order valence-electron chi connectivity index (χ3n) is 1.71. The van der Waals surface area contributed by atoms with Crippen LogP contribution in [-0.2, 0) is 0 Å². The van der Waals surface area contributed by atoms with Crippen molar-refractivity contribution in [3.05, 3.63) is 41.6 Å². The molecule has 2 aromatic heterocycles. The van der Waals surface area contributed by atoms with Crippen molar-refractivity contribution in [3.8, 4) is 11.6 Å². The van der Waals surface area contributed by atoms with E-state index in [0.29, 0.717) is 11.6 Å². The van der Waals surface area contributed by atoms with Crippen LogP contribution < -0.4 is 4.74 Å². The molecule has 0 aliphatic heterocycles. The van der Waals surface area contributed by atoms with Crippen molar-refractivity contribution in [1.29, 1.82) is 0 Å². The minimum absolute atomic E-state index is 0.160. The summed E-state index contributed by atoms with van der Waals surface area (Å²) in [6, 6.07) is 5.31. The maximum Gasteiger partial charge on any atom is 0.225 e. The molecule has 0 unspecified atom stereocenters. The van der Waals surface area contributed by atoms with Crippen LogP contribution in [0.25, 0.3) is 0 Å². The molecule has 0 aromatic carbocycles. The summed E-state index contributed by atoms with van der Waals surface area (Å²) in [6.07, 6.45) is 3.16. The third-order valence-corrected chi connectivity index (χ3v) is 1.89. The lowest BCUT2D eigenvalue weighted by atomic mass is 10.4. The lowest BCUT2D eigenvalue weighted by molar-refractivity contribution is 0.459. The van der Waals surface area contributed by atoms with E-state index in [1.165, 1.54) is 6.20 Å². The lowest BCUT2D eigenvalue weighted by Crippen LogP contribution is -1.90. The first-order valence-corrected chi connectivity index (χ1v) is 4.71. The second-order valence-corrected chi connectivity index (χ2v) is 3.24. The Morgan fingerprint density at radius 1 is 1.20 bits per heavy atom. The molecule has 0 aliphatic rings. The summed E-state index contributed by atoms with van der Waals surface area (Å²) in [7, 11) is 0. The Labute approximate surface area is 91.9 Å². The Bertz CT molecular complexity index is 458. The van der Waals surface area contributed by atoms with Gasteiger partial charge in [0.05, 0.1) is 6.20 Å². The fraction of sp³-hybridized carbons (Fsp3) is 0.100. The molecule has 0 bridgehead atoms. The molecular weight excluding hydrogens is 214 g/mol. The van der Waals surface area contributed by atoms with Crippen molar-refractivity contribution in [2.75, 3.05) is 0 Å². The van der Waals surface area contributed by atoms with Gasteiger partial charge in [-0.2, -0.15) is 4.98 Å². The van der Waals surface area contributed by atoms with E-state index in [9.17, 15) is 0 Å². The number of pyridine rings is 1. The van der Waals surface area contributed by atoms with Gasteiger partial charge in [-0.15, -0.1) is 0 Å². The highest BCUT2D eigenvalue weighted by Gasteiger charge is 1.99. The fourth-order valence-electron chi connectivity index (χ4n) is 1.01. The molecule has 0 aliphatic carbocycles. The average Bonchev–Trinajstić information content (AvgIpc) is 2.22. The molecular formula is C10H8ClN3O. The molecule has 0 radical (unpaired) electrons. The molecule has 5 heteroatoms. The van der Waals surface area contributed by atoms with Gasteiger partial charge in [-0.05, 0) is 30.7 Å². The van der Waals surface area contributed by atoms with Gasteiger partial charge >= 0.3 is 0 Å². The quantitative estimate of drug-likeness (QED) is 0.732. The van der Waals surface area contributed by atoms with Crippen LogP contribution in [0.5, 0.6) is 11.6 Å². The van der Waals surface area contributed by atoms with Crippen LogP contribution in [0.15, 0.2) is 30.6 Å². The van der Waals surface area contributed by atoms with Crippen molar-refractivity contribution in [2.24, 2.45) is 0 Å². The summed E-state index contributed by atoms with van der Waals surface area (Å²) in [5.74, 6) is 1.02. The van der Waals surface area contributed by atoms with Gasteiger partial charge < -0.3 is 4.74 Å². The average molecular weight is 222 g/mol. The summed E-state index contributed by atoms with van der Waals surface area (Å²) in [5, 5.41) is 0.160.